The Kier molecular flexibility index (Phi) is 6.17. The first-order valence-corrected chi connectivity index (χ1v) is 7.94. The maximum atomic E-state index is 12.2. The Morgan fingerprint density at radius 2 is 1.75 bits per heavy atom. The predicted molar refractivity (Wildman–Crippen MR) is 96.6 cm³/mol. The van der Waals surface area contributed by atoms with Crippen LogP contribution < -0.4 is 20.1 Å². The molecule has 2 amide bonds. The lowest BCUT2D eigenvalue weighted by molar-refractivity contribution is 0.249. The lowest BCUT2D eigenvalue weighted by Crippen LogP contribution is -2.31. The van der Waals surface area contributed by atoms with Gasteiger partial charge in [-0.05, 0) is 36.8 Å². The molecule has 128 valence electrons. The van der Waals surface area contributed by atoms with Crippen molar-refractivity contribution in [3.63, 3.8) is 0 Å². The summed E-state index contributed by atoms with van der Waals surface area (Å²) in [7, 11) is 3.08. The number of ether oxygens (including phenoxy) is 2. The molecule has 7 heteroatoms. The van der Waals surface area contributed by atoms with Crippen LogP contribution >= 0.6 is 23.2 Å². The van der Waals surface area contributed by atoms with Crippen molar-refractivity contribution in [1.29, 1.82) is 0 Å². The molecular formula is C17H18Cl2N2O3. The van der Waals surface area contributed by atoms with Gasteiger partial charge in [0.2, 0.25) is 0 Å². The molecule has 0 saturated heterocycles. The number of anilines is 1. The normalized spacial score (nSPS) is 11.5. The second kappa shape index (κ2) is 8.13. The molecule has 2 N–H and O–H groups in total. The number of halogens is 2. The van der Waals surface area contributed by atoms with Gasteiger partial charge in [-0.25, -0.2) is 4.79 Å². The van der Waals surface area contributed by atoms with Gasteiger partial charge in [0.05, 0.1) is 20.3 Å². The molecule has 0 unspecified atom stereocenters. The van der Waals surface area contributed by atoms with Crippen molar-refractivity contribution in [2.75, 3.05) is 19.5 Å². The first-order valence-electron chi connectivity index (χ1n) is 7.19. The van der Waals surface area contributed by atoms with E-state index in [9.17, 15) is 4.79 Å². The van der Waals surface area contributed by atoms with Gasteiger partial charge in [0.25, 0.3) is 0 Å². The monoisotopic (exact) mass is 368 g/mol. The smallest absolute Gasteiger partial charge is 0.319 e. The minimum absolute atomic E-state index is 0.282. The highest BCUT2D eigenvalue weighted by molar-refractivity contribution is 6.35. The molecule has 2 rings (SSSR count). The number of nitrogens with one attached hydrogen (secondary N) is 2. The van der Waals surface area contributed by atoms with E-state index in [1.165, 1.54) is 7.11 Å². The topological polar surface area (TPSA) is 59.6 Å². The average molecular weight is 369 g/mol. The van der Waals surface area contributed by atoms with Crippen LogP contribution in [0, 0.1) is 0 Å². The average Bonchev–Trinajstić information content (AvgIpc) is 2.54. The quantitative estimate of drug-likeness (QED) is 0.789. The largest absolute Gasteiger partial charge is 0.493 e. The highest BCUT2D eigenvalue weighted by atomic mass is 35.5. The molecular weight excluding hydrogens is 351 g/mol. The van der Waals surface area contributed by atoms with Crippen LogP contribution in [0.15, 0.2) is 36.4 Å². The zero-order valence-corrected chi connectivity index (χ0v) is 15.0. The number of methoxy groups -OCH3 is 2. The number of carbonyl (C=O) groups excluding carboxylic acids is 1. The van der Waals surface area contributed by atoms with Crippen molar-refractivity contribution < 1.29 is 14.3 Å². The third kappa shape index (κ3) is 4.46. The van der Waals surface area contributed by atoms with Gasteiger partial charge in [-0.15, -0.1) is 0 Å². The molecule has 24 heavy (non-hydrogen) atoms. The maximum absolute atomic E-state index is 12.2. The molecule has 0 bridgehead atoms. The van der Waals surface area contributed by atoms with Crippen molar-refractivity contribution >= 4 is 34.9 Å². The van der Waals surface area contributed by atoms with Crippen molar-refractivity contribution in [2.45, 2.75) is 13.0 Å². The number of hydrogen-bond acceptors (Lipinski definition) is 3. The van der Waals surface area contributed by atoms with E-state index in [1.54, 1.807) is 43.5 Å². The van der Waals surface area contributed by atoms with Crippen LogP contribution in [0.5, 0.6) is 11.5 Å². The lowest BCUT2D eigenvalue weighted by Gasteiger charge is -2.17. The second-order valence-corrected chi connectivity index (χ2v) is 5.90. The standard InChI is InChI=1S/C17H18Cl2N2O3/c1-10(13-6-4-11(18)8-14(13)19)20-17(22)21-12-5-7-15(23-2)16(9-12)24-3/h4-10H,1-3H3,(H2,20,21,22)/t10-/m0/s1. The van der Waals surface area contributed by atoms with Gasteiger partial charge >= 0.3 is 6.03 Å². The van der Waals surface area contributed by atoms with Crippen LogP contribution in [0.1, 0.15) is 18.5 Å². The van der Waals surface area contributed by atoms with E-state index in [4.69, 9.17) is 32.7 Å². The zero-order chi connectivity index (χ0) is 17.7. The minimum Gasteiger partial charge on any atom is -0.493 e. The van der Waals surface area contributed by atoms with Crippen molar-refractivity contribution in [1.82, 2.24) is 5.32 Å². The first kappa shape index (κ1) is 18.2. The molecule has 0 aliphatic carbocycles. The van der Waals surface area contributed by atoms with E-state index in [1.807, 2.05) is 6.92 Å². The van der Waals surface area contributed by atoms with E-state index in [-0.39, 0.29) is 12.1 Å². The summed E-state index contributed by atoms with van der Waals surface area (Å²) in [5.41, 5.74) is 1.36. The van der Waals surface area contributed by atoms with Crippen LogP contribution in [0.2, 0.25) is 10.0 Å². The summed E-state index contributed by atoms with van der Waals surface area (Å²) in [5, 5.41) is 6.61. The number of amides is 2. The third-order valence-electron chi connectivity index (χ3n) is 3.42. The number of urea groups is 1. The summed E-state index contributed by atoms with van der Waals surface area (Å²) < 4.78 is 10.4. The Balaban J connectivity index is 2.05. The number of carbonyl (C=O) groups is 1. The van der Waals surface area contributed by atoms with E-state index < -0.39 is 0 Å². The fourth-order valence-electron chi connectivity index (χ4n) is 2.21. The van der Waals surface area contributed by atoms with E-state index in [0.29, 0.717) is 27.2 Å². The maximum Gasteiger partial charge on any atom is 0.319 e. The van der Waals surface area contributed by atoms with Crippen LogP contribution in [-0.2, 0) is 0 Å². The van der Waals surface area contributed by atoms with Gasteiger partial charge < -0.3 is 20.1 Å². The fraction of sp³-hybridized carbons (Fsp3) is 0.235. The lowest BCUT2D eigenvalue weighted by atomic mass is 10.1. The molecule has 0 heterocycles. The van der Waals surface area contributed by atoms with Gasteiger partial charge in [-0.1, -0.05) is 29.3 Å². The van der Waals surface area contributed by atoms with Crippen LogP contribution in [0.3, 0.4) is 0 Å². The molecule has 1 atom stereocenters. The molecule has 0 spiro atoms. The molecule has 5 nitrogen and oxygen atoms in total. The summed E-state index contributed by atoms with van der Waals surface area (Å²) in [5.74, 6) is 1.12. The SMILES string of the molecule is COc1ccc(NC(=O)N[C@@H](C)c2ccc(Cl)cc2Cl)cc1OC. The second-order valence-electron chi connectivity index (χ2n) is 5.06. The van der Waals surface area contributed by atoms with Crippen molar-refractivity contribution in [3.05, 3.63) is 52.0 Å². The predicted octanol–water partition coefficient (Wildman–Crippen LogP) is 4.89. The van der Waals surface area contributed by atoms with E-state index in [2.05, 4.69) is 10.6 Å². The fourth-order valence-corrected chi connectivity index (χ4v) is 2.78. The van der Waals surface area contributed by atoms with Gasteiger partial charge in [-0.2, -0.15) is 0 Å². The van der Waals surface area contributed by atoms with Gasteiger partial charge in [0.1, 0.15) is 0 Å². The molecule has 2 aromatic carbocycles. The Bertz CT molecular complexity index is 738. The Morgan fingerprint density at radius 1 is 1.04 bits per heavy atom. The number of hydrogen-bond donors (Lipinski definition) is 2. The molecule has 2 aromatic rings. The Hall–Kier alpha value is -2.11. The summed E-state index contributed by atoms with van der Waals surface area (Å²) in [6, 6.07) is 9.63. The molecule has 0 aliphatic rings. The molecule has 0 saturated carbocycles. The summed E-state index contributed by atoms with van der Waals surface area (Å²) in [6.45, 7) is 1.84. The van der Waals surface area contributed by atoms with Gasteiger partial charge in [-0.3, -0.25) is 0 Å². The number of rotatable bonds is 5. The first-order chi connectivity index (χ1) is 11.4. The number of benzene rings is 2. The van der Waals surface area contributed by atoms with Gasteiger partial charge in [0, 0.05) is 21.8 Å². The van der Waals surface area contributed by atoms with E-state index >= 15 is 0 Å². The Labute approximate surface area is 150 Å². The molecule has 0 aliphatic heterocycles. The van der Waals surface area contributed by atoms with E-state index in [0.717, 1.165) is 5.56 Å². The summed E-state index contributed by atoms with van der Waals surface area (Å²) >= 11 is 12.0. The highest BCUT2D eigenvalue weighted by Gasteiger charge is 2.14. The van der Waals surface area contributed by atoms with Crippen molar-refractivity contribution in [3.8, 4) is 11.5 Å². The van der Waals surface area contributed by atoms with Gasteiger partial charge in [0.15, 0.2) is 11.5 Å². The zero-order valence-electron chi connectivity index (χ0n) is 13.5. The highest BCUT2D eigenvalue weighted by Crippen LogP contribution is 2.30. The molecule has 0 aromatic heterocycles. The van der Waals surface area contributed by atoms with Crippen molar-refractivity contribution in [2.24, 2.45) is 0 Å². The van der Waals surface area contributed by atoms with Crippen LogP contribution in [0.4, 0.5) is 10.5 Å². The molecule has 0 fully saturated rings. The Morgan fingerprint density at radius 3 is 2.38 bits per heavy atom. The third-order valence-corrected chi connectivity index (χ3v) is 3.98. The van der Waals surface area contributed by atoms with Crippen LogP contribution in [0.25, 0.3) is 0 Å². The molecule has 0 radical (unpaired) electrons. The summed E-state index contributed by atoms with van der Waals surface area (Å²) in [4.78, 5) is 12.2. The minimum atomic E-state index is -0.360. The van der Waals surface area contributed by atoms with Crippen LogP contribution in [-0.4, -0.2) is 20.3 Å². The summed E-state index contributed by atoms with van der Waals surface area (Å²) in [6.07, 6.45) is 0.